The van der Waals surface area contributed by atoms with Crippen molar-refractivity contribution in [1.29, 1.82) is 0 Å². The molecule has 1 heterocycles. The molecule has 0 saturated carbocycles. The van der Waals surface area contributed by atoms with Crippen molar-refractivity contribution < 1.29 is 26.4 Å². The maximum Gasteiger partial charge on any atom is 0.416 e. The number of anilines is 2. The lowest BCUT2D eigenvalue weighted by atomic mass is 10.1. The molecule has 0 saturated heterocycles. The highest BCUT2D eigenvalue weighted by molar-refractivity contribution is 7.92. The number of nitrogens with zero attached hydrogens (tertiary/aromatic N) is 2. The average Bonchev–Trinajstić information content (AvgIpc) is 2.90. The zero-order valence-electron chi connectivity index (χ0n) is 17.0. The van der Waals surface area contributed by atoms with Crippen LogP contribution in [0.4, 0.5) is 24.5 Å². The molecule has 0 bridgehead atoms. The molecule has 2 N–H and O–H groups in total. The Morgan fingerprint density at radius 2 is 1.97 bits per heavy atom. The molecular weight excluding hydrogens is 457 g/mol. The first-order valence-corrected chi connectivity index (χ1v) is 11.5. The second-order valence-electron chi connectivity index (χ2n) is 6.82. The Morgan fingerprint density at radius 3 is 2.55 bits per heavy atom. The van der Waals surface area contributed by atoms with Gasteiger partial charge in [-0.2, -0.15) is 18.3 Å². The van der Waals surface area contributed by atoms with Crippen molar-refractivity contribution in [3.05, 3.63) is 46.2 Å². The van der Waals surface area contributed by atoms with Gasteiger partial charge in [-0.1, -0.05) is 24.9 Å². The summed E-state index contributed by atoms with van der Waals surface area (Å²) in [4.78, 5) is 12.3. The number of aryl methyl sites for hydroxylation is 2. The van der Waals surface area contributed by atoms with Crippen LogP contribution in [0, 0.1) is 6.92 Å². The molecule has 7 nitrogen and oxygen atoms in total. The largest absolute Gasteiger partial charge is 0.416 e. The summed E-state index contributed by atoms with van der Waals surface area (Å²) in [5.41, 5.74) is -0.479. The van der Waals surface area contributed by atoms with Crippen molar-refractivity contribution in [1.82, 2.24) is 9.78 Å². The van der Waals surface area contributed by atoms with Gasteiger partial charge in [-0.3, -0.25) is 14.2 Å². The lowest BCUT2D eigenvalue weighted by Gasteiger charge is -2.14. The fourth-order valence-electron chi connectivity index (χ4n) is 2.66. The van der Waals surface area contributed by atoms with Gasteiger partial charge in [-0.05, 0) is 37.6 Å². The van der Waals surface area contributed by atoms with Gasteiger partial charge in [0, 0.05) is 18.2 Å². The van der Waals surface area contributed by atoms with Crippen LogP contribution in [0.25, 0.3) is 6.08 Å². The molecule has 170 valence electrons. The standard InChI is InChI=1S/C19H22ClF3N4O3S/c1-4-5-10-27-18(20)14(12(2)25-27)7-9-17(28)24-16-11-13(19(21,22)23)6-8-15(16)26-31(3,29)30/h6-9,11,26H,4-5,10H2,1-3H3,(H,24,28). The lowest BCUT2D eigenvalue weighted by molar-refractivity contribution is -0.137. The Labute approximate surface area is 183 Å². The average molecular weight is 479 g/mol. The fourth-order valence-corrected chi connectivity index (χ4v) is 3.56. The van der Waals surface area contributed by atoms with Crippen LogP contribution in [0.3, 0.4) is 0 Å². The first-order valence-electron chi connectivity index (χ1n) is 9.23. The topological polar surface area (TPSA) is 93.1 Å². The predicted molar refractivity (Wildman–Crippen MR) is 114 cm³/mol. The zero-order chi connectivity index (χ0) is 23.4. The number of carbonyl (C=O) groups excluding carboxylic acids is 1. The summed E-state index contributed by atoms with van der Waals surface area (Å²) in [6, 6.07) is 2.30. The molecule has 0 radical (unpaired) electrons. The van der Waals surface area contributed by atoms with Gasteiger partial charge >= 0.3 is 6.18 Å². The molecule has 0 unspecified atom stereocenters. The lowest BCUT2D eigenvalue weighted by Crippen LogP contribution is -2.16. The maximum absolute atomic E-state index is 13.0. The van der Waals surface area contributed by atoms with Gasteiger partial charge in [0.25, 0.3) is 0 Å². The summed E-state index contributed by atoms with van der Waals surface area (Å²) in [5, 5.41) is 6.92. The third-order valence-corrected chi connectivity index (χ3v) is 5.12. The number of alkyl halides is 3. The van der Waals surface area contributed by atoms with Crippen LogP contribution in [0.15, 0.2) is 24.3 Å². The van der Waals surface area contributed by atoms with Gasteiger partial charge in [-0.15, -0.1) is 0 Å². The number of amides is 1. The Kier molecular flexibility index (Phi) is 7.77. The number of carbonyl (C=O) groups is 1. The minimum absolute atomic E-state index is 0.196. The molecule has 0 spiro atoms. The SMILES string of the molecule is CCCCn1nc(C)c(C=CC(=O)Nc2cc(C(F)(F)F)ccc2NS(C)(=O)=O)c1Cl. The van der Waals surface area contributed by atoms with Crippen molar-refractivity contribution >= 4 is 45.0 Å². The normalized spacial score (nSPS) is 12.4. The molecule has 0 atom stereocenters. The molecule has 1 amide bonds. The molecule has 1 aromatic heterocycles. The molecule has 12 heteroatoms. The monoisotopic (exact) mass is 478 g/mol. The smallest absolute Gasteiger partial charge is 0.321 e. The van der Waals surface area contributed by atoms with E-state index in [0.29, 0.717) is 35.1 Å². The van der Waals surface area contributed by atoms with E-state index in [1.807, 2.05) is 6.92 Å². The fraction of sp³-hybridized carbons (Fsp3) is 0.368. The van der Waals surface area contributed by atoms with Crippen molar-refractivity contribution in [2.45, 2.75) is 39.4 Å². The quantitative estimate of drug-likeness (QED) is 0.538. The van der Waals surface area contributed by atoms with Gasteiger partial charge in [0.2, 0.25) is 15.9 Å². The van der Waals surface area contributed by atoms with E-state index < -0.39 is 27.7 Å². The summed E-state index contributed by atoms with van der Waals surface area (Å²) in [6.07, 6.45) is 0.484. The van der Waals surface area contributed by atoms with Crippen LogP contribution in [0.5, 0.6) is 0 Å². The highest BCUT2D eigenvalue weighted by atomic mass is 35.5. The maximum atomic E-state index is 13.0. The number of hydrogen-bond donors (Lipinski definition) is 2. The van der Waals surface area contributed by atoms with Crippen LogP contribution in [-0.2, 0) is 27.5 Å². The van der Waals surface area contributed by atoms with E-state index in [-0.39, 0.29) is 11.4 Å². The van der Waals surface area contributed by atoms with Crippen molar-refractivity contribution in [2.24, 2.45) is 0 Å². The summed E-state index contributed by atoms with van der Waals surface area (Å²) >= 11 is 6.29. The zero-order valence-corrected chi connectivity index (χ0v) is 18.6. The number of unbranched alkanes of at least 4 members (excludes halogenated alkanes) is 1. The molecule has 1 aromatic carbocycles. The van der Waals surface area contributed by atoms with Crippen LogP contribution >= 0.6 is 11.6 Å². The van der Waals surface area contributed by atoms with Gasteiger partial charge in [0.1, 0.15) is 5.15 Å². The number of rotatable bonds is 8. The van der Waals surface area contributed by atoms with E-state index in [0.717, 1.165) is 31.2 Å². The highest BCUT2D eigenvalue weighted by Crippen LogP contribution is 2.34. The molecule has 0 fully saturated rings. The molecule has 0 aliphatic rings. The van der Waals surface area contributed by atoms with Crippen LogP contribution in [0.2, 0.25) is 5.15 Å². The number of aromatic nitrogens is 2. The van der Waals surface area contributed by atoms with E-state index >= 15 is 0 Å². The van der Waals surface area contributed by atoms with Crippen LogP contribution < -0.4 is 10.0 Å². The van der Waals surface area contributed by atoms with Crippen LogP contribution in [-0.4, -0.2) is 30.4 Å². The molecule has 0 aliphatic carbocycles. The second kappa shape index (κ2) is 9.73. The first kappa shape index (κ1) is 24.7. The third kappa shape index (κ3) is 7.00. The van der Waals surface area contributed by atoms with Gasteiger partial charge in [-0.25, -0.2) is 8.42 Å². The number of sulfonamides is 1. The van der Waals surface area contributed by atoms with Crippen molar-refractivity contribution in [3.63, 3.8) is 0 Å². The summed E-state index contributed by atoms with van der Waals surface area (Å²) in [7, 11) is -3.78. The van der Waals surface area contributed by atoms with E-state index in [1.54, 1.807) is 11.6 Å². The minimum Gasteiger partial charge on any atom is -0.321 e. The van der Waals surface area contributed by atoms with Gasteiger partial charge in [0.05, 0.1) is 28.9 Å². The Morgan fingerprint density at radius 1 is 1.29 bits per heavy atom. The summed E-state index contributed by atoms with van der Waals surface area (Å²) < 4.78 is 65.8. The molecule has 0 aliphatic heterocycles. The molecule has 31 heavy (non-hydrogen) atoms. The van der Waals surface area contributed by atoms with E-state index in [2.05, 4.69) is 15.1 Å². The number of benzene rings is 1. The summed E-state index contributed by atoms with van der Waals surface area (Å²) in [5.74, 6) is -0.771. The van der Waals surface area contributed by atoms with Crippen molar-refractivity contribution in [3.8, 4) is 0 Å². The molecular formula is C19H22ClF3N4O3S. The van der Waals surface area contributed by atoms with Gasteiger partial charge in [0.15, 0.2) is 0 Å². The highest BCUT2D eigenvalue weighted by Gasteiger charge is 2.31. The Bertz CT molecular complexity index is 1100. The predicted octanol–water partition coefficient (Wildman–Crippen LogP) is 4.69. The molecule has 2 aromatic rings. The van der Waals surface area contributed by atoms with E-state index in [9.17, 15) is 26.4 Å². The second-order valence-corrected chi connectivity index (χ2v) is 8.93. The van der Waals surface area contributed by atoms with E-state index in [1.165, 1.54) is 6.08 Å². The number of halogens is 4. The number of nitrogens with one attached hydrogen (secondary N) is 2. The first-order chi connectivity index (χ1) is 14.3. The van der Waals surface area contributed by atoms with Crippen molar-refractivity contribution in [2.75, 3.05) is 16.3 Å². The minimum atomic E-state index is -4.67. The third-order valence-electron chi connectivity index (χ3n) is 4.13. The van der Waals surface area contributed by atoms with Crippen LogP contribution in [0.1, 0.15) is 36.6 Å². The number of hydrogen-bond acceptors (Lipinski definition) is 4. The van der Waals surface area contributed by atoms with E-state index in [4.69, 9.17) is 11.6 Å². The summed E-state index contributed by atoms with van der Waals surface area (Å²) in [6.45, 7) is 4.35. The molecule has 2 rings (SSSR count). The Hall–Kier alpha value is -2.53. The van der Waals surface area contributed by atoms with Gasteiger partial charge < -0.3 is 5.32 Å². The Balaban J connectivity index is 2.29.